The van der Waals surface area contributed by atoms with Gasteiger partial charge in [0.1, 0.15) is 0 Å². The van der Waals surface area contributed by atoms with Crippen LogP contribution in [0.25, 0.3) is 22.0 Å². The number of halogens is 1. The summed E-state index contributed by atoms with van der Waals surface area (Å²) in [5.41, 5.74) is 2.51. The number of hydrogen-bond acceptors (Lipinski definition) is 5. The third kappa shape index (κ3) is 3.38. The minimum Gasteiger partial charge on any atom is -1.00 e. The van der Waals surface area contributed by atoms with Crippen molar-refractivity contribution in [1.82, 2.24) is 4.98 Å². The second kappa shape index (κ2) is 7.01. The van der Waals surface area contributed by atoms with Crippen LogP contribution in [0.3, 0.4) is 0 Å². The molecule has 1 aromatic heterocycles. The van der Waals surface area contributed by atoms with E-state index < -0.39 is 0 Å². The summed E-state index contributed by atoms with van der Waals surface area (Å²) in [5, 5.41) is 27.4. The smallest absolute Gasteiger partial charge is 0.187 e. The third-order valence-corrected chi connectivity index (χ3v) is 4.56. The lowest BCUT2D eigenvalue weighted by atomic mass is 10.1. The molecule has 0 saturated heterocycles. The number of phenols is 2. The highest BCUT2D eigenvalue weighted by molar-refractivity contribution is 7.14. The first-order valence-corrected chi connectivity index (χ1v) is 8.31. The predicted molar refractivity (Wildman–Crippen MR) is 98.1 cm³/mol. The standard InChI is InChI=1S/C19H14N2O2S.ClH/c22-17-9-8-13(10-18(17)23)16-11-24-19(21-16)20-15-7-3-5-12-4-1-2-6-14(12)15;/h1-11,22-23H,(H,20,21);1H/p-1. The summed E-state index contributed by atoms with van der Waals surface area (Å²) in [5.74, 6) is -0.285. The lowest BCUT2D eigenvalue weighted by Crippen LogP contribution is -3.00. The molecular weight excluding hydrogens is 356 g/mol. The SMILES string of the molecule is Oc1ccc(-c2csc(Nc3cccc4ccccc34)n2)cc1O.[Cl-]. The van der Waals surface area contributed by atoms with Crippen LogP contribution in [0.1, 0.15) is 0 Å². The van der Waals surface area contributed by atoms with Gasteiger partial charge in [0.25, 0.3) is 0 Å². The van der Waals surface area contributed by atoms with Gasteiger partial charge in [0.15, 0.2) is 16.6 Å². The largest absolute Gasteiger partial charge is 1.00 e. The van der Waals surface area contributed by atoms with Crippen LogP contribution in [0.15, 0.2) is 66.0 Å². The molecular formula is C19H14ClN2O2S-. The number of hydrogen-bond donors (Lipinski definition) is 3. The van der Waals surface area contributed by atoms with Gasteiger partial charge >= 0.3 is 0 Å². The molecule has 4 nitrogen and oxygen atoms in total. The van der Waals surface area contributed by atoms with Gasteiger partial charge in [-0.2, -0.15) is 0 Å². The van der Waals surface area contributed by atoms with Crippen LogP contribution in [0.5, 0.6) is 11.5 Å². The number of nitrogens with one attached hydrogen (secondary N) is 1. The minimum absolute atomic E-state index is 0. The Balaban J connectivity index is 0.00000182. The zero-order valence-electron chi connectivity index (χ0n) is 13.0. The molecule has 0 bridgehead atoms. The van der Waals surface area contributed by atoms with E-state index in [1.54, 1.807) is 6.07 Å². The Hall–Kier alpha value is -2.76. The number of thiazole rings is 1. The van der Waals surface area contributed by atoms with E-state index in [0.717, 1.165) is 27.5 Å². The molecule has 0 unspecified atom stereocenters. The normalized spacial score (nSPS) is 10.4. The van der Waals surface area contributed by atoms with Crippen molar-refractivity contribution < 1.29 is 22.6 Å². The highest BCUT2D eigenvalue weighted by Gasteiger charge is 2.08. The molecule has 0 saturated carbocycles. The van der Waals surface area contributed by atoms with Crippen molar-refractivity contribution in [3.63, 3.8) is 0 Å². The van der Waals surface area contributed by atoms with Gasteiger partial charge in [-0.1, -0.05) is 36.4 Å². The lowest BCUT2D eigenvalue weighted by molar-refractivity contribution is -0.00000639. The Kier molecular flexibility index (Phi) is 4.79. The van der Waals surface area contributed by atoms with Crippen molar-refractivity contribution in [1.29, 1.82) is 0 Å². The van der Waals surface area contributed by atoms with Gasteiger partial charge in [0.05, 0.1) is 5.69 Å². The van der Waals surface area contributed by atoms with Gasteiger partial charge in [-0.05, 0) is 29.7 Å². The maximum absolute atomic E-state index is 9.63. The molecule has 0 amide bonds. The first-order valence-electron chi connectivity index (χ1n) is 7.43. The van der Waals surface area contributed by atoms with Crippen molar-refractivity contribution in [2.45, 2.75) is 0 Å². The molecule has 0 aliphatic carbocycles. The summed E-state index contributed by atoms with van der Waals surface area (Å²) in [4.78, 5) is 4.57. The van der Waals surface area contributed by atoms with Crippen LogP contribution in [-0.4, -0.2) is 15.2 Å². The summed E-state index contributed by atoms with van der Waals surface area (Å²) >= 11 is 1.49. The van der Waals surface area contributed by atoms with Gasteiger partial charge in [0, 0.05) is 22.0 Å². The van der Waals surface area contributed by atoms with E-state index in [2.05, 4.69) is 28.5 Å². The number of aromatic hydroxyl groups is 2. The van der Waals surface area contributed by atoms with E-state index in [1.807, 2.05) is 29.6 Å². The van der Waals surface area contributed by atoms with Gasteiger partial charge < -0.3 is 27.9 Å². The number of anilines is 2. The Bertz CT molecular complexity index is 1030. The highest BCUT2D eigenvalue weighted by Crippen LogP contribution is 2.33. The van der Waals surface area contributed by atoms with Gasteiger partial charge in [-0.15, -0.1) is 11.3 Å². The fourth-order valence-electron chi connectivity index (χ4n) is 2.60. The molecule has 0 aliphatic rings. The fraction of sp³-hybridized carbons (Fsp3) is 0. The van der Waals surface area contributed by atoms with E-state index in [0.29, 0.717) is 0 Å². The highest BCUT2D eigenvalue weighted by atomic mass is 35.5. The average Bonchev–Trinajstić information content (AvgIpc) is 3.06. The molecule has 3 aromatic carbocycles. The first-order chi connectivity index (χ1) is 11.7. The molecule has 1 heterocycles. The van der Waals surface area contributed by atoms with Crippen molar-refractivity contribution in [3.8, 4) is 22.8 Å². The van der Waals surface area contributed by atoms with E-state index in [9.17, 15) is 10.2 Å². The zero-order valence-corrected chi connectivity index (χ0v) is 14.6. The van der Waals surface area contributed by atoms with Crippen LogP contribution in [-0.2, 0) is 0 Å². The Morgan fingerprint density at radius 1 is 0.880 bits per heavy atom. The molecule has 0 spiro atoms. The molecule has 3 N–H and O–H groups in total. The molecule has 126 valence electrons. The molecule has 0 radical (unpaired) electrons. The zero-order chi connectivity index (χ0) is 16.5. The maximum atomic E-state index is 9.63. The van der Waals surface area contributed by atoms with Gasteiger partial charge in [0.2, 0.25) is 0 Å². The van der Waals surface area contributed by atoms with E-state index >= 15 is 0 Å². The first kappa shape index (κ1) is 17.1. The van der Waals surface area contributed by atoms with E-state index in [-0.39, 0.29) is 23.9 Å². The number of phenolic OH excluding ortho intramolecular Hbond substituents is 2. The number of benzene rings is 3. The van der Waals surface area contributed by atoms with Crippen molar-refractivity contribution in [3.05, 3.63) is 66.0 Å². The summed E-state index contributed by atoms with van der Waals surface area (Å²) < 4.78 is 0. The summed E-state index contributed by atoms with van der Waals surface area (Å²) in [6.45, 7) is 0. The van der Waals surface area contributed by atoms with Crippen LogP contribution in [0.2, 0.25) is 0 Å². The average molecular weight is 370 g/mol. The Labute approximate surface area is 154 Å². The molecule has 0 fully saturated rings. The van der Waals surface area contributed by atoms with Crippen LogP contribution in [0, 0.1) is 0 Å². The summed E-state index contributed by atoms with van der Waals surface area (Å²) in [6.07, 6.45) is 0. The van der Waals surface area contributed by atoms with E-state index in [4.69, 9.17) is 0 Å². The second-order valence-electron chi connectivity index (χ2n) is 5.39. The number of nitrogens with zero attached hydrogens (tertiary/aromatic N) is 1. The molecule has 4 aromatic rings. The fourth-order valence-corrected chi connectivity index (χ4v) is 3.33. The van der Waals surface area contributed by atoms with Gasteiger partial charge in [-0.3, -0.25) is 0 Å². The Morgan fingerprint density at radius 2 is 1.68 bits per heavy atom. The van der Waals surface area contributed by atoms with Gasteiger partial charge in [-0.25, -0.2) is 4.98 Å². The van der Waals surface area contributed by atoms with Crippen LogP contribution >= 0.6 is 11.3 Å². The molecule has 6 heteroatoms. The topological polar surface area (TPSA) is 65.4 Å². The second-order valence-corrected chi connectivity index (χ2v) is 6.25. The third-order valence-electron chi connectivity index (χ3n) is 3.81. The van der Waals surface area contributed by atoms with Crippen LogP contribution < -0.4 is 17.7 Å². The monoisotopic (exact) mass is 369 g/mol. The minimum atomic E-state index is -0.149. The Morgan fingerprint density at radius 3 is 2.52 bits per heavy atom. The predicted octanol–water partition coefficient (Wildman–Crippen LogP) is 2.12. The van der Waals surface area contributed by atoms with Crippen LogP contribution in [0.4, 0.5) is 10.8 Å². The van der Waals surface area contributed by atoms with E-state index in [1.165, 1.54) is 28.9 Å². The quantitative estimate of drug-likeness (QED) is 0.484. The van der Waals surface area contributed by atoms with Crippen molar-refractivity contribution in [2.75, 3.05) is 5.32 Å². The molecule has 0 atom stereocenters. The summed E-state index contributed by atoms with van der Waals surface area (Å²) in [6, 6.07) is 19.0. The summed E-state index contributed by atoms with van der Waals surface area (Å²) in [7, 11) is 0. The van der Waals surface area contributed by atoms with Crippen molar-refractivity contribution >= 4 is 32.9 Å². The number of fused-ring (bicyclic) bond motifs is 1. The number of rotatable bonds is 3. The molecule has 4 rings (SSSR count). The maximum Gasteiger partial charge on any atom is 0.187 e. The lowest BCUT2D eigenvalue weighted by Gasteiger charge is -2.07. The van der Waals surface area contributed by atoms with Crippen molar-refractivity contribution in [2.24, 2.45) is 0 Å². The molecule has 0 aliphatic heterocycles. The number of aromatic nitrogens is 1. The molecule has 25 heavy (non-hydrogen) atoms.